The lowest BCUT2D eigenvalue weighted by molar-refractivity contribution is 0.564. The van der Waals surface area contributed by atoms with Crippen molar-refractivity contribution in [2.24, 2.45) is 7.05 Å². The molecule has 0 bridgehead atoms. The Bertz CT molecular complexity index is 1010. The summed E-state index contributed by atoms with van der Waals surface area (Å²) in [6.07, 6.45) is 3.09. The first kappa shape index (κ1) is 14.3. The second-order valence-corrected chi connectivity index (χ2v) is 6.01. The summed E-state index contributed by atoms with van der Waals surface area (Å²) in [4.78, 5) is 3.99. The van der Waals surface area contributed by atoms with Gasteiger partial charge in [0.2, 0.25) is 0 Å². The number of oxazole rings is 1. The monoisotopic (exact) mass is 343 g/mol. The molecule has 2 aromatic heterocycles. The van der Waals surface area contributed by atoms with E-state index in [4.69, 9.17) is 27.6 Å². The number of nitrogens with zero attached hydrogens (tertiary/aromatic N) is 3. The molecule has 2 aromatic carbocycles. The van der Waals surface area contributed by atoms with Gasteiger partial charge >= 0.3 is 0 Å². The summed E-state index contributed by atoms with van der Waals surface area (Å²) in [7, 11) is 1.88. The number of rotatable bonds is 2. The lowest BCUT2D eigenvalue weighted by Crippen LogP contribution is -1.92. The number of aromatic nitrogens is 3. The van der Waals surface area contributed by atoms with Crippen LogP contribution < -0.4 is 0 Å². The molecule has 0 amide bonds. The lowest BCUT2D eigenvalue weighted by Gasteiger charge is -2.06. The topological polar surface area (TPSA) is 43.9 Å². The average molecular weight is 344 g/mol. The van der Waals surface area contributed by atoms with E-state index < -0.39 is 0 Å². The molecule has 0 unspecified atom stereocenters. The Morgan fingerprint density at radius 3 is 2.70 bits per heavy atom. The van der Waals surface area contributed by atoms with Crippen LogP contribution in [0.4, 0.5) is 0 Å². The molecule has 0 fully saturated rings. The maximum atomic E-state index is 6.36. The molecule has 23 heavy (non-hydrogen) atoms. The summed E-state index contributed by atoms with van der Waals surface area (Å²) >= 11 is 12.4. The van der Waals surface area contributed by atoms with Crippen LogP contribution in [0.1, 0.15) is 0 Å². The summed E-state index contributed by atoms with van der Waals surface area (Å²) in [5, 5.41) is 6.83. The summed E-state index contributed by atoms with van der Waals surface area (Å²) in [6, 6.07) is 11.4. The van der Waals surface area contributed by atoms with Crippen LogP contribution in [0.5, 0.6) is 0 Å². The minimum absolute atomic E-state index is 0.594. The third-order valence-corrected chi connectivity index (χ3v) is 4.30. The van der Waals surface area contributed by atoms with Gasteiger partial charge < -0.3 is 4.42 Å². The van der Waals surface area contributed by atoms with Gasteiger partial charge in [-0.15, -0.1) is 0 Å². The Morgan fingerprint density at radius 2 is 1.96 bits per heavy atom. The van der Waals surface area contributed by atoms with Gasteiger partial charge in [-0.3, -0.25) is 4.68 Å². The number of hydrogen-bond donors (Lipinski definition) is 0. The molecule has 114 valence electrons. The fourth-order valence-electron chi connectivity index (χ4n) is 2.77. The first-order valence-corrected chi connectivity index (χ1v) is 7.71. The van der Waals surface area contributed by atoms with Crippen LogP contribution in [0.3, 0.4) is 0 Å². The van der Waals surface area contributed by atoms with E-state index in [0.29, 0.717) is 15.8 Å². The number of fused-ring (bicyclic) bond motifs is 1. The predicted octanol–water partition coefficient (Wildman–Crippen LogP) is 5.20. The van der Waals surface area contributed by atoms with E-state index in [1.54, 1.807) is 16.9 Å². The van der Waals surface area contributed by atoms with Crippen LogP contribution in [-0.2, 0) is 7.05 Å². The molecular weight excluding hydrogens is 333 g/mol. The largest absolute Gasteiger partial charge is 0.442 e. The van der Waals surface area contributed by atoms with Crippen molar-refractivity contribution in [1.82, 2.24) is 14.8 Å². The molecule has 0 atom stereocenters. The van der Waals surface area contributed by atoms with Crippen molar-refractivity contribution < 1.29 is 4.42 Å². The zero-order valence-electron chi connectivity index (χ0n) is 12.1. The molecule has 0 saturated carbocycles. The summed E-state index contributed by atoms with van der Waals surface area (Å²) in [5.41, 5.74) is 3.57. The summed E-state index contributed by atoms with van der Waals surface area (Å²) < 4.78 is 7.23. The van der Waals surface area contributed by atoms with Gasteiger partial charge in [0, 0.05) is 33.6 Å². The second-order valence-electron chi connectivity index (χ2n) is 5.16. The van der Waals surface area contributed by atoms with Crippen molar-refractivity contribution in [2.75, 3.05) is 0 Å². The minimum Gasteiger partial charge on any atom is -0.442 e. The van der Waals surface area contributed by atoms with Crippen molar-refractivity contribution >= 4 is 34.1 Å². The molecule has 0 aliphatic carbocycles. The van der Waals surface area contributed by atoms with Crippen LogP contribution >= 0.6 is 23.2 Å². The minimum atomic E-state index is 0.594. The molecule has 0 saturated heterocycles. The highest BCUT2D eigenvalue weighted by Gasteiger charge is 2.17. The van der Waals surface area contributed by atoms with E-state index >= 15 is 0 Å². The first-order valence-electron chi connectivity index (χ1n) is 6.95. The zero-order chi connectivity index (χ0) is 16.0. The predicted molar refractivity (Wildman–Crippen MR) is 91.7 cm³/mol. The fraction of sp³-hybridized carbons (Fsp3) is 0.0588. The van der Waals surface area contributed by atoms with Gasteiger partial charge in [0.05, 0.1) is 6.20 Å². The first-order chi connectivity index (χ1) is 11.1. The van der Waals surface area contributed by atoms with Crippen molar-refractivity contribution in [2.45, 2.75) is 0 Å². The summed E-state index contributed by atoms with van der Waals surface area (Å²) in [5.74, 6) is 0.675. The average Bonchev–Trinajstić information content (AvgIpc) is 3.13. The third kappa shape index (κ3) is 2.31. The lowest BCUT2D eigenvalue weighted by atomic mass is 10.0. The van der Waals surface area contributed by atoms with Crippen molar-refractivity contribution in [3.8, 4) is 22.6 Å². The Labute approximate surface area is 142 Å². The maximum absolute atomic E-state index is 6.36. The van der Waals surface area contributed by atoms with E-state index in [-0.39, 0.29) is 0 Å². The van der Waals surface area contributed by atoms with Crippen molar-refractivity contribution in [3.05, 3.63) is 59.0 Å². The molecular formula is C17H11Cl2N3O. The highest BCUT2D eigenvalue weighted by atomic mass is 35.5. The van der Waals surface area contributed by atoms with Crippen LogP contribution in [0.2, 0.25) is 10.0 Å². The Hall–Kier alpha value is -2.30. The zero-order valence-corrected chi connectivity index (χ0v) is 13.6. The summed E-state index contributed by atoms with van der Waals surface area (Å²) in [6.45, 7) is 0. The number of benzene rings is 2. The number of halogens is 2. The normalized spacial score (nSPS) is 11.3. The Balaban J connectivity index is 2.01. The molecule has 4 nitrogen and oxygen atoms in total. The van der Waals surface area contributed by atoms with Crippen LogP contribution in [0.15, 0.2) is 53.4 Å². The van der Waals surface area contributed by atoms with Gasteiger partial charge in [-0.1, -0.05) is 47.5 Å². The smallest absolute Gasteiger partial charge is 0.181 e. The standard InChI is InChI=1S/C17H11Cl2N3O/c1-22-17(15-8-20-9-23-15)13-4-2-3-12(16(13)21-22)11-6-5-10(18)7-14(11)19/h2-9H,1H3. The van der Waals surface area contributed by atoms with Crippen molar-refractivity contribution in [1.29, 1.82) is 0 Å². The number of hydrogen-bond acceptors (Lipinski definition) is 3. The molecule has 4 aromatic rings. The Kier molecular flexibility index (Phi) is 3.36. The van der Waals surface area contributed by atoms with E-state index in [9.17, 15) is 0 Å². The second kappa shape index (κ2) is 5.41. The molecule has 6 heteroatoms. The van der Waals surface area contributed by atoms with Gasteiger partial charge in [0.15, 0.2) is 12.2 Å². The van der Waals surface area contributed by atoms with Crippen LogP contribution in [0, 0.1) is 0 Å². The third-order valence-electron chi connectivity index (χ3n) is 3.75. The quantitative estimate of drug-likeness (QED) is 0.502. The molecule has 0 aliphatic rings. The van der Waals surface area contributed by atoms with Gasteiger partial charge in [-0.05, 0) is 12.1 Å². The SMILES string of the molecule is Cn1nc2c(-c3ccc(Cl)cc3Cl)cccc2c1-c1cnco1. The molecule has 0 spiro atoms. The van der Waals surface area contributed by atoms with E-state index in [1.807, 2.05) is 37.4 Å². The molecule has 4 rings (SSSR count). The highest BCUT2D eigenvalue weighted by molar-refractivity contribution is 6.36. The van der Waals surface area contributed by atoms with Crippen LogP contribution in [0.25, 0.3) is 33.5 Å². The molecule has 0 N–H and O–H groups in total. The molecule has 0 radical (unpaired) electrons. The van der Waals surface area contributed by atoms with E-state index in [1.165, 1.54) is 6.39 Å². The fourth-order valence-corrected chi connectivity index (χ4v) is 3.28. The number of aryl methyl sites for hydroxylation is 1. The molecule has 2 heterocycles. The van der Waals surface area contributed by atoms with Crippen molar-refractivity contribution in [3.63, 3.8) is 0 Å². The highest BCUT2D eigenvalue weighted by Crippen LogP contribution is 2.37. The van der Waals surface area contributed by atoms with Gasteiger partial charge in [-0.25, -0.2) is 4.98 Å². The van der Waals surface area contributed by atoms with E-state index in [2.05, 4.69) is 10.1 Å². The van der Waals surface area contributed by atoms with Crippen LogP contribution in [-0.4, -0.2) is 14.8 Å². The Morgan fingerprint density at radius 1 is 1.09 bits per heavy atom. The maximum Gasteiger partial charge on any atom is 0.181 e. The molecule has 0 aliphatic heterocycles. The van der Waals surface area contributed by atoms with Gasteiger partial charge in [0.1, 0.15) is 11.2 Å². The van der Waals surface area contributed by atoms with Gasteiger partial charge in [0.25, 0.3) is 0 Å². The van der Waals surface area contributed by atoms with E-state index in [0.717, 1.165) is 27.7 Å². The van der Waals surface area contributed by atoms with Gasteiger partial charge in [-0.2, -0.15) is 5.10 Å².